The summed E-state index contributed by atoms with van der Waals surface area (Å²) >= 11 is 0. The molecule has 1 heteroatoms. The van der Waals surface area contributed by atoms with Gasteiger partial charge in [0.1, 0.15) is 0 Å². The highest BCUT2D eigenvalue weighted by molar-refractivity contribution is 5.43. The van der Waals surface area contributed by atoms with Gasteiger partial charge in [-0.25, -0.2) is 0 Å². The standard InChI is InChI=1S/C13H13O/c1-10-6-2-5-9-12(10)13(14)11-7-3-4-8-11/h2-9,13-14H,1H3. The van der Waals surface area contributed by atoms with Gasteiger partial charge in [0.25, 0.3) is 0 Å². The van der Waals surface area contributed by atoms with Crippen LogP contribution < -0.4 is 0 Å². The van der Waals surface area contributed by atoms with Crippen LogP contribution in [0.25, 0.3) is 0 Å². The Bertz CT molecular complexity index is 300. The summed E-state index contributed by atoms with van der Waals surface area (Å²) in [5.74, 6) is 0.958. The van der Waals surface area contributed by atoms with Gasteiger partial charge in [-0.2, -0.15) is 0 Å². The highest BCUT2D eigenvalue weighted by Crippen LogP contribution is 2.35. The molecule has 2 rings (SSSR count). The zero-order valence-corrected chi connectivity index (χ0v) is 8.14. The maximum Gasteiger partial charge on any atom is 0.0861 e. The minimum Gasteiger partial charge on any atom is -0.388 e. The zero-order chi connectivity index (χ0) is 9.97. The van der Waals surface area contributed by atoms with Gasteiger partial charge < -0.3 is 5.11 Å². The minimum atomic E-state index is -0.494. The van der Waals surface area contributed by atoms with E-state index >= 15 is 0 Å². The van der Waals surface area contributed by atoms with Crippen molar-refractivity contribution in [2.24, 2.45) is 0 Å². The van der Waals surface area contributed by atoms with Crippen molar-refractivity contribution in [2.45, 2.75) is 13.0 Å². The van der Waals surface area contributed by atoms with Gasteiger partial charge in [-0.15, -0.1) is 0 Å². The van der Waals surface area contributed by atoms with Crippen molar-refractivity contribution in [1.29, 1.82) is 0 Å². The number of aliphatic hydroxyl groups excluding tert-OH is 1. The van der Waals surface area contributed by atoms with Gasteiger partial charge in [-0.05, 0) is 43.7 Å². The Hall–Kier alpha value is -0.820. The number of aryl methyl sites for hydroxylation is 1. The van der Waals surface area contributed by atoms with Gasteiger partial charge in [0.05, 0.1) is 6.10 Å². The summed E-state index contributed by atoms with van der Waals surface area (Å²) in [7, 11) is 0. The molecule has 1 N–H and O–H groups in total. The number of benzene rings is 1. The van der Waals surface area contributed by atoms with Crippen LogP contribution in [0.3, 0.4) is 0 Å². The van der Waals surface area contributed by atoms with Gasteiger partial charge in [-0.3, -0.25) is 0 Å². The van der Waals surface area contributed by atoms with E-state index < -0.39 is 6.10 Å². The molecule has 1 nitrogen and oxygen atoms in total. The summed E-state index contributed by atoms with van der Waals surface area (Å²) in [4.78, 5) is 0. The third-order valence-electron chi connectivity index (χ3n) is 2.49. The normalized spacial score (nSPS) is 19.9. The van der Waals surface area contributed by atoms with E-state index in [0.29, 0.717) is 0 Å². The van der Waals surface area contributed by atoms with Gasteiger partial charge in [0, 0.05) is 5.92 Å². The molecular formula is C13H13O. The van der Waals surface area contributed by atoms with E-state index in [9.17, 15) is 5.11 Å². The van der Waals surface area contributed by atoms with Crippen LogP contribution in [0.4, 0.5) is 0 Å². The molecule has 0 amide bonds. The Balaban J connectivity index is 2.17. The van der Waals surface area contributed by atoms with E-state index in [0.717, 1.165) is 17.0 Å². The molecule has 1 aromatic carbocycles. The maximum absolute atomic E-state index is 10.1. The molecule has 1 unspecified atom stereocenters. The predicted molar refractivity (Wildman–Crippen MR) is 56.6 cm³/mol. The average Bonchev–Trinajstić information content (AvgIpc) is 2.70. The smallest absolute Gasteiger partial charge is 0.0861 e. The molecule has 0 aromatic heterocycles. The lowest BCUT2D eigenvalue weighted by atomic mass is 9.92. The molecule has 5 radical (unpaired) electrons. The Labute approximate surface area is 85.8 Å². The number of hydrogen-bond acceptors (Lipinski definition) is 1. The van der Waals surface area contributed by atoms with Crippen molar-refractivity contribution in [3.8, 4) is 0 Å². The van der Waals surface area contributed by atoms with Crippen molar-refractivity contribution < 1.29 is 5.11 Å². The van der Waals surface area contributed by atoms with Crippen molar-refractivity contribution >= 4 is 0 Å². The highest BCUT2D eigenvalue weighted by atomic mass is 16.3. The summed E-state index contributed by atoms with van der Waals surface area (Å²) < 4.78 is 0. The Morgan fingerprint density at radius 2 is 1.71 bits per heavy atom. The molecule has 1 atom stereocenters. The molecule has 1 aliphatic rings. The highest BCUT2D eigenvalue weighted by Gasteiger charge is 2.26. The van der Waals surface area contributed by atoms with E-state index in [2.05, 4.69) is 0 Å². The van der Waals surface area contributed by atoms with Gasteiger partial charge in [0.15, 0.2) is 0 Å². The first kappa shape index (κ1) is 9.72. The van der Waals surface area contributed by atoms with E-state index in [1.54, 1.807) is 0 Å². The fraction of sp³-hybridized carbons (Fsp3) is 0.154. The fourth-order valence-electron chi connectivity index (χ4n) is 1.64. The lowest BCUT2D eigenvalue weighted by Crippen LogP contribution is -2.09. The first-order valence-corrected chi connectivity index (χ1v) is 4.74. The van der Waals surface area contributed by atoms with Crippen LogP contribution in [-0.4, -0.2) is 5.11 Å². The molecule has 1 aromatic rings. The summed E-state index contributed by atoms with van der Waals surface area (Å²) in [5, 5.41) is 10.1. The fourth-order valence-corrected chi connectivity index (χ4v) is 1.64. The predicted octanol–water partition coefficient (Wildman–Crippen LogP) is 2.43. The van der Waals surface area contributed by atoms with Crippen molar-refractivity contribution in [2.75, 3.05) is 0 Å². The van der Waals surface area contributed by atoms with Crippen LogP contribution in [0.2, 0.25) is 0 Å². The lowest BCUT2D eigenvalue weighted by molar-refractivity contribution is 0.199. The molecule has 1 saturated carbocycles. The quantitative estimate of drug-likeness (QED) is 0.750. The van der Waals surface area contributed by atoms with Crippen LogP contribution in [0.1, 0.15) is 17.2 Å². The molecule has 1 aliphatic carbocycles. The SMILES string of the molecule is Cc1ccccc1C(O)[C]1[CH][CH][CH][CH]1. The topological polar surface area (TPSA) is 20.2 Å². The number of hydrogen-bond donors (Lipinski definition) is 1. The maximum atomic E-state index is 10.1. The third kappa shape index (κ3) is 1.83. The molecule has 14 heavy (non-hydrogen) atoms. The Morgan fingerprint density at radius 3 is 2.36 bits per heavy atom. The Morgan fingerprint density at radius 1 is 1.07 bits per heavy atom. The number of rotatable bonds is 2. The van der Waals surface area contributed by atoms with Crippen LogP contribution >= 0.6 is 0 Å². The monoisotopic (exact) mass is 185 g/mol. The van der Waals surface area contributed by atoms with Gasteiger partial charge in [0.2, 0.25) is 0 Å². The molecule has 0 aliphatic heterocycles. The second kappa shape index (κ2) is 4.14. The second-order valence-corrected chi connectivity index (χ2v) is 3.48. The molecule has 0 spiro atoms. The molecule has 0 heterocycles. The third-order valence-corrected chi connectivity index (χ3v) is 2.49. The van der Waals surface area contributed by atoms with Crippen molar-refractivity contribution in [3.05, 3.63) is 67.0 Å². The van der Waals surface area contributed by atoms with Crippen LogP contribution in [0, 0.1) is 38.5 Å². The summed E-state index contributed by atoms with van der Waals surface area (Å²) in [5.41, 5.74) is 2.11. The molecule has 1 fully saturated rings. The summed E-state index contributed by atoms with van der Waals surface area (Å²) in [6, 6.07) is 7.92. The largest absolute Gasteiger partial charge is 0.388 e. The van der Waals surface area contributed by atoms with E-state index in [4.69, 9.17) is 0 Å². The van der Waals surface area contributed by atoms with Crippen LogP contribution in [0.15, 0.2) is 24.3 Å². The van der Waals surface area contributed by atoms with Crippen LogP contribution in [0.5, 0.6) is 0 Å². The molecular weight excluding hydrogens is 172 g/mol. The number of aliphatic hydroxyl groups is 1. The van der Waals surface area contributed by atoms with Gasteiger partial charge >= 0.3 is 0 Å². The minimum absolute atomic E-state index is 0.494. The van der Waals surface area contributed by atoms with E-state index in [1.165, 1.54) is 0 Å². The van der Waals surface area contributed by atoms with E-state index in [1.807, 2.05) is 56.9 Å². The zero-order valence-electron chi connectivity index (χ0n) is 8.14. The second-order valence-electron chi connectivity index (χ2n) is 3.48. The lowest BCUT2D eigenvalue weighted by Gasteiger charge is -2.18. The summed E-state index contributed by atoms with van der Waals surface area (Å²) in [6.45, 7) is 2.02. The van der Waals surface area contributed by atoms with Crippen molar-refractivity contribution in [1.82, 2.24) is 0 Å². The molecule has 71 valence electrons. The van der Waals surface area contributed by atoms with Gasteiger partial charge in [-0.1, -0.05) is 24.3 Å². The average molecular weight is 185 g/mol. The summed E-state index contributed by atoms with van der Waals surface area (Å²) in [6.07, 6.45) is 7.27. The Kier molecular flexibility index (Phi) is 2.87. The first-order chi connectivity index (χ1) is 6.79. The first-order valence-electron chi connectivity index (χ1n) is 4.74. The molecule has 0 bridgehead atoms. The van der Waals surface area contributed by atoms with E-state index in [-0.39, 0.29) is 0 Å². The molecule has 0 saturated heterocycles. The van der Waals surface area contributed by atoms with Crippen molar-refractivity contribution in [3.63, 3.8) is 0 Å². The van der Waals surface area contributed by atoms with Crippen LogP contribution in [-0.2, 0) is 0 Å².